The van der Waals surface area contributed by atoms with Gasteiger partial charge in [-0.2, -0.15) is 26.8 Å². The summed E-state index contributed by atoms with van der Waals surface area (Å²) in [4.78, 5) is 0. The van der Waals surface area contributed by atoms with E-state index >= 15 is 0 Å². The second-order valence-electron chi connectivity index (χ2n) is 1.47. The van der Waals surface area contributed by atoms with Gasteiger partial charge in [0.25, 0.3) is 0 Å². The van der Waals surface area contributed by atoms with Crippen LogP contribution in [0.2, 0.25) is 0 Å². The summed E-state index contributed by atoms with van der Waals surface area (Å²) in [6.07, 6.45) is 8.33. The van der Waals surface area contributed by atoms with Gasteiger partial charge < -0.3 is 20.8 Å². The molecule has 1 heteroatoms. The first kappa shape index (κ1) is 23.2. The SMILES string of the molecule is CC1=[C-]CC=C1.[CH2-]C.[CH2-]C.[CH2-]C.[Pt+4]. The van der Waals surface area contributed by atoms with Gasteiger partial charge in [-0.15, -0.1) is 6.42 Å². The van der Waals surface area contributed by atoms with Crippen LogP contribution in [-0.2, 0) is 21.1 Å². The summed E-state index contributed by atoms with van der Waals surface area (Å²) in [7, 11) is 0. The minimum atomic E-state index is 0. The van der Waals surface area contributed by atoms with E-state index in [0.29, 0.717) is 0 Å². The van der Waals surface area contributed by atoms with E-state index < -0.39 is 0 Å². The molecule has 0 nitrogen and oxygen atoms in total. The zero-order valence-corrected chi connectivity index (χ0v) is 11.6. The molecular weight excluding hydrogens is 339 g/mol. The average molecular weight is 361 g/mol. The minimum Gasteiger partial charge on any atom is -0.346 e. The molecule has 0 saturated heterocycles. The Morgan fingerprint density at radius 3 is 1.54 bits per heavy atom. The van der Waals surface area contributed by atoms with E-state index in [-0.39, 0.29) is 21.1 Å². The van der Waals surface area contributed by atoms with Crippen LogP contribution in [0.25, 0.3) is 0 Å². The van der Waals surface area contributed by atoms with Crippen LogP contribution in [0.15, 0.2) is 17.7 Å². The van der Waals surface area contributed by atoms with E-state index in [1.807, 2.05) is 0 Å². The van der Waals surface area contributed by atoms with Gasteiger partial charge in [0.15, 0.2) is 0 Å². The Labute approximate surface area is 99.8 Å². The summed E-state index contributed by atoms with van der Waals surface area (Å²) in [6, 6.07) is 0. The van der Waals surface area contributed by atoms with Crippen molar-refractivity contribution in [2.75, 3.05) is 0 Å². The molecule has 0 aromatic heterocycles. The van der Waals surface area contributed by atoms with Gasteiger partial charge in [0.1, 0.15) is 0 Å². The molecule has 1 aliphatic rings. The van der Waals surface area contributed by atoms with Crippen LogP contribution in [0.3, 0.4) is 0 Å². The van der Waals surface area contributed by atoms with Gasteiger partial charge in [-0.1, -0.05) is 6.92 Å². The molecule has 1 rings (SSSR count). The normalized spacial score (nSPS) is 9.92. The Bertz CT molecular complexity index is 98.9. The van der Waals surface area contributed by atoms with Gasteiger partial charge in [0, 0.05) is 0 Å². The largest absolute Gasteiger partial charge is 4.00 e. The van der Waals surface area contributed by atoms with Crippen molar-refractivity contribution < 1.29 is 21.1 Å². The monoisotopic (exact) mass is 361 g/mol. The zero-order chi connectivity index (χ0) is 10.4. The third kappa shape index (κ3) is 24.5. The third-order valence-corrected chi connectivity index (χ3v) is 0.867. The molecule has 0 heterocycles. The molecule has 0 fully saturated rings. The Morgan fingerprint density at radius 2 is 1.46 bits per heavy atom. The first-order valence-electron chi connectivity index (χ1n) is 4.26. The quantitative estimate of drug-likeness (QED) is 0.567. The maximum Gasteiger partial charge on any atom is 4.00 e. The van der Waals surface area contributed by atoms with Crippen molar-refractivity contribution in [2.24, 2.45) is 0 Å². The molecule has 0 aromatic rings. The molecule has 0 aromatic carbocycles. The van der Waals surface area contributed by atoms with Crippen LogP contribution in [-0.4, -0.2) is 0 Å². The van der Waals surface area contributed by atoms with Crippen LogP contribution < -0.4 is 0 Å². The topological polar surface area (TPSA) is 0 Å². The van der Waals surface area contributed by atoms with Crippen LogP contribution in [0.4, 0.5) is 0 Å². The Hall–Kier alpha value is 0.168. The second kappa shape index (κ2) is 29.5. The van der Waals surface area contributed by atoms with Gasteiger partial charge in [-0.3, -0.25) is 6.08 Å². The zero-order valence-electron chi connectivity index (χ0n) is 9.30. The second-order valence-corrected chi connectivity index (χ2v) is 1.47. The fourth-order valence-electron chi connectivity index (χ4n) is 0.515. The predicted molar refractivity (Wildman–Crippen MR) is 59.3 cm³/mol. The van der Waals surface area contributed by atoms with Crippen molar-refractivity contribution in [3.8, 4) is 0 Å². The molecule has 80 valence electrons. The van der Waals surface area contributed by atoms with Crippen LogP contribution in [0, 0.1) is 26.8 Å². The van der Waals surface area contributed by atoms with Crippen molar-refractivity contribution in [3.05, 3.63) is 44.6 Å². The molecule has 0 atom stereocenters. The van der Waals surface area contributed by atoms with Gasteiger partial charge in [0.05, 0.1) is 0 Å². The Balaban J connectivity index is -0.0000000508. The molecule has 0 saturated carbocycles. The van der Waals surface area contributed by atoms with E-state index in [1.165, 1.54) is 5.57 Å². The minimum absolute atomic E-state index is 0. The van der Waals surface area contributed by atoms with Crippen molar-refractivity contribution >= 4 is 0 Å². The molecule has 0 bridgehead atoms. The maximum absolute atomic E-state index is 3.25. The molecule has 0 unspecified atom stereocenters. The first-order chi connectivity index (χ1) is 5.89. The van der Waals surface area contributed by atoms with Crippen LogP contribution in [0.1, 0.15) is 34.1 Å². The van der Waals surface area contributed by atoms with Crippen molar-refractivity contribution in [2.45, 2.75) is 34.1 Å². The summed E-state index contributed by atoms with van der Waals surface area (Å²) >= 11 is 0. The summed E-state index contributed by atoms with van der Waals surface area (Å²) in [6.45, 7) is 17.1. The van der Waals surface area contributed by atoms with Crippen LogP contribution >= 0.6 is 0 Å². The molecule has 0 radical (unpaired) electrons. The fourth-order valence-corrected chi connectivity index (χ4v) is 0.515. The summed E-state index contributed by atoms with van der Waals surface area (Å²) in [5.41, 5.74) is 1.27. The molecule has 0 spiro atoms. The summed E-state index contributed by atoms with van der Waals surface area (Å²) < 4.78 is 0. The predicted octanol–water partition coefficient (Wildman–Crippen LogP) is 4.21. The van der Waals surface area contributed by atoms with Crippen molar-refractivity contribution in [3.63, 3.8) is 0 Å². The molecule has 1 aliphatic carbocycles. The average Bonchev–Trinajstić information content (AvgIpc) is 2.66. The van der Waals surface area contributed by atoms with Gasteiger partial charge in [-0.25, -0.2) is 11.6 Å². The Morgan fingerprint density at radius 1 is 1.08 bits per heavy atom. The number of allylic oxidation sites excluding steroid dienone is 4. The maximum atomic E-state index is 3.25. The van der Waals surface area contributed by atoms with Crippen molar-refractivity contribution in [1.82, 2.24) is 0 Å². The van der Waals surface area contributed by atoms with E-state index in [2.05, 4.69) is 45.9 Å². The van der Waals surface area contributed by atoms with E-state index in [4.69, 9.17) is 0 Å². The molecular formula is C12H22Pt. The number of rotatable bonds is 0. The van der Waals surface area contributed by atoms with Gasteiger partial charge >= 0.3 is 21.1 Å². The molecule has 0 amide bonds. The molecule has 0 aliphatic heterocycles. The van der Waals surface area contributed by atoms with E-state index in [0.717, 1.165) is 6.42 Å². The molecule has 0 N–H and O–H groups in total. The molecule has 13 heavy (non-hydrogen) atoms. The standard InChI is InChI=1S/C6H7.3C2H5.Pt/c1-6-4-2-3-5-6;3*1-2;/h2,4H,3H2,1H3;3*1H2,2H3;/q4*-1;+4. The number of hydrogen-bond donors (Lipinski definition) is 0. The summed E-state index contributed by atoms with van der Waals surface area (Å²) in [5.74, 6) is 0. The van der Waals surface area contributed by atoms with E-state index in [1.54, 1.807) is 20.8 Å². The van der Waals surface area contributed by atoms with Crippen molar-refractivity contribution in [1.29, 1.82) is 0 Å². The first-order valence-corrected chi connectivity index (χ1v) is 4.26. The van der Waals surface area contributed by atoms with Gasteiger partial charge in [0.2, 0.25) is 0 Å². The summed E-state index contributed by atoms with van der Waals surface area (Å²) in [5, 5.41) is 0. The smallest absolute Gasteiger partial charge is 0.346 e. The van der Waals surface area contributed by atoms with Gasteiger partial charge in [-0.05, 0) is 0 Å². The van der Waals surface area contributed by atoms with E-state index in [9.17, 15) is 0 Å². The fraction of sp³-hybridized carbons (Fsp3) is 0.417. The number of hydrogen-bond acceptors (Lipinski definition) is 0. The van der Waals surface area contributed by atoms with Crippen LogP contribution in [0.5, 0.6) is 0 Å². The Kier molecular flexibility index (Phi) is 52.7. The third-order valence-electron chi connectivity index (χ3n) is 0.867.